The monoisotopic (exact) mass is 358 g/mol. The van der Waals surface area contributed by atoms with Crippen molar-refractivity contribution in [2.75, 3.05) is 5.73 Å². The van der Waals surface area contributed by atoms with Crippen molar-refractivity contribution >= 4 is 22.6 Å². The fraction of sp³-hybridized carbons (Fsp3) is 0.318. The molecule has 0 unspecified atom stereocenters. The van der Waals surface area contributed by atoms with Gasteiger partial charge >= 0.3 is 0 Å². The zero-order chi connectivity index (χ0) is 19.0. The van der Waals surface area contributed by atoms with Gasteiger partial charge in [-0.25, -0.2) is 9.97 Å². The minimum atomic E-state index is 0.204. The fourth-order valence-electron chi connectivity index (χ4n) is 3.21. The Morgan fingerprint density at radius 3 is 2.85 bits per heavy atom. The van der Waals surface area contributed by atoms with Gasteiger partial charge in [0, 0.05) is 29.8 Å². The number of hydrogen-bond acceptors (Lipinski definition) is 4. The van der Waals surface area contributed by atoms with Gasteiger partial charge < -0.3 is 10.3 Å². The third-order valence-electron chi connectivity index (χ3n) is 4.89. The molecule has 1 aliphatic rings. The fourth-order valence-corrected chi connectivity index (χ4v) is 3.21. The van der Waals surface area contributed by atoms with Crippen LogP contribution in [0.3, 0.4) is 0 Å². The molecule has 0 saturated heterocycles. The highest BCUT2D eigenvalue weighted by atomic mass is 16.1. The standard InChI is InChI=1S/C22H22N4O/c1-14(2)26-12-18(20-21(23)24-13-25-22(20)26)9-8-15-4-3-5-17(10-15)19(27)11-16-6-7-16/h3-5,10,12-14,16H,6-7,11H2,1-2H3,(H2,23,24,25). The van der Waals surface area contributed by atoms with Crippen molar-refractivity contribution in [3.8, 4) is 11.8 Å². The molecule has 1 fully saturated rings. The Labute approximate surface area is 158 Å². The van der Waals surface area contributed by atoms with Crippen molar-refractivity contribution in [1.82, 2.24) is 14.5 Å². The molecule has 27 heavy (non-hydrogen) atoms. The van der Waals surface area contributed by atoms with Gasteiger partial charge in [0.2, 0.25) is 0 Å². The second kappa shape index (κ2) is 6.88. The van der Waals surface area contributed by atoms with Crippen molar-refractivity contribution in [1.29, 1.82) is 0 Å². The third-order valence-corrected chi connectivity index (χ3v) is 4.89. The molecule has 0 spiro atoms. The van der Waals surface area contributed by atoms with Crippen LogP contribution in [0.5, 0.6) is 0 Å². The van der Waals surface area contributed by atoms with E-state index in [4.69, 9.17) is 5.73 Å². The molecule has 5 nitrogen and oxygen atoms in total. The first-order chi connectivity index (χ1) is 13.0. The van der Waals surface area contributed by atoms with E-state index in [-0.39, 0.29) is 11.8 Å². The Bertz CT molecular complexity index is 1080. The van der Waals surface area contributed by atoms with Crippen LogP contribution in [0.4, 0.5) is 5.82 Å². The lowest BCUT2D eigenvalue weighted by Gasteiger charge is -2.07. The average molecular weight is 358 g/mol. The highest BCUT2D eigenvalue weighted by Crippen LogP contribution is 2.33. The van der Waals surface area contributed by atoms with Gasteiger partial charge in [-0.15, -0.1) is 0 Å². The summed E-state index contributed by atoms with van der Waals surface area (Å²) < 4.78 is 2.05. The number of aromatic nitrogens is 3. The van der Waals surface area contributed by atoms with Gasteiger partial charge in [-0.1, -0.05) is 24.0 Å². The largest absolute Gasteiger partial charge is 0.383 e. The van der Waals surface area contributed by atoms with Crippen LogP contribution in [0.2, 0.25) is 0 Å². The van der Waals surface area contributed by atoms with Gasteiger partial charge in [0.1, 0.15) is 17.8 Å². The van der Waals surface area contributed by atoms with E-state index >= 15 is 0 Å². The van der Waals surface area contributed by atoms with Crippen LogP contribution in [0.15, 0.2) is 36.8 Å². The number of hydrogen-bond donors (Lipinski definition) is 1. The molecule has 0 radical (unpaired) electrons. The first-order valence-corrected chi connectivity index (χ1v) is 9.29. The lowest BCUT2D eigenvalue weighted by atomic mass is 10.0. The minimum absolute atomic E-state index is 0.204. The lowest BCUT2D eigenvalue weighted by Crippen LogP contribution is -2.00. The van der Waals surface area contributed by atoms with Gasteiger partial charge in [0.25, 0.3) is 0 Å². The maximum atomic E-state index is 12.3. The van der Waals surface area contributed by atoms with E-state index in [0.717, 1.165) is 27.7 Å². The van der Waals surface area contributed by atoms with E-state index in [0.29, 0.717) is 18.2 Å². The minimum Gasteiger partial charge on any atom is -0.383 e. The highest BCUT2D eigenvalue weighted by molar-refractivity contribution is 5.96. The van der Waals surface area contributed by atoms with E-state index in [9.17, 15) is 4.79 Å². The van der Waals surface area contributed by atoms with E-state index in [2.05, 4.69) is 35.7 Å². The second-order valence-corrected chi connectivity index (χ2v) is 7.40. The molecule has 4 rings (SSSR count). The summed E-state index contributed by atoms with van der Waals surface area (Å²) >= 11 is 0. The SMILES string of the molecule is CC(C)n1cc(C#Cc2cccc(C(=O)CC3CC3)c2)c2c(N)ncnc21. The molecule has 1 aromatic carbocycles. The average Bonchev–Trinajstić information content (AvgIpc) is 3.38. The number of carbonyl (C=O) groups is 1. The Kier molecular flexibility index (Phi) is 4.41. The summed E-state index contributed by atoms with van der Waals surface area (Å²) in [6.45, 7) is 4.17. The third kappa shape index (κ3) is 3.56. The molecule has 2 heterocycles. The van der Waals surface area contributed by atoms with Crippen LogP contribution < -0.4 is 5.73 Å². The number of ketones is 1. The summed E-state index contributed by atoms with van der Waals surface area (Å²) in [4.78, 5) is 20.8. The van der Waals surface area contributed by atoms with Crippen LogP contribution in [-0.2, 0) is 0 Å². The van der Waals surface area contributed by atoms with Gasteiger partial charge in [0.05, 0.1) is 10.9 Å². The number of nitrogen functional groups attached to an aromatic ring is 1. The van der Waals surface area contributed by atoms with Gasteiger partial charge in [-0.05, 0) is 44.7 Å². The van der Waals surface area contributed by atoms with Crippen LogP contribution >= 0.6 is 0 Å². The Morgan fingerprint density at radius 2 is 2.11 bits per heavy atom. The maximum Gasteiger partial charge on any atom is 0.163 e. The molecule has 1 saturated carbocycles. The lowest BCUT2D eigenvalue weighted by molar-refractivity contribution is 0.0976. The summed E-state index contributed by atoms with van der Waals surface area (Å²) in [7, 11) is 0. The van der Waals surface area contributed by atoms with Crippen LogP contribution in [0, 0.1) is 17.8 Å². The Morgan fingerprint density at radius 1 is 1.30 bits per heavy atom. The Hall–Kier alpha value is -3.13. The van der Waals surface area contributed by atoms with Crippen molar-refractivity contribution in [3.05, 3.63) is 53.5 Å². The number of carbonyl (C=O) groups excluding carboxylic acids is 1. The van der Waals surface area contributed by atoms with Crippen LogP contribution in [0.1, 0.15) is 60.6 Å². The van der Waals surface area contributed by atoms with Crippen molar-refractivity contribution in [3.63, 3.8) is 0 Å². The molecular formula is C22H22N4O. The number of nitrogens with two attached hydrogens (primary N) is 1. The zero-order valence-electron chi connectivity index (χ0n) is 15.6. The van der Waals surface area contributed by atoms with Crippen LogP contribution in [0.25, 0.3) is 11.0 Å². The van der Waals surface area contributed by atoms with Crippen molar-refractivity contribution in [2.24, 2.45) is 5.92 Å². The van der Waals surface area contributed by atoms with E-state index in [1.54, 1.807) is 0 Å². The summed E-state index contributed by atoms with van der Waals surface area (Å²) in [5.41, 5.74) is 9.22. The van der Waals surface area contributed by atoms with E-state index in [1.165, 1.54) is 19.2 Å². The van der Waals surface area contributed by atoms with Crippen molar-refractivity contribution in [2.45, 2.75) is 39.2 Å². The number of fused-ring (bicyclic) bond motifs is 1. The summed E-state index contributed by atoms with van der Waals surface area (Å²) in [5, 5.41) is 0.777. The number of Topliss-reactive ketones (excluding diaryl/α,β-unsaturated/α-hetero) is 1. The molecule has 1 aliphatic carbocycles. The predicted molar refractivity (Wildman–Crippen MR) is 106 cm³/mol. The van der Waals surface area contributed by atoms with E-state index in [1.807, 2.05) is 35.0 Å². The van der Waals surface area contributed by atoms with Gasteiger partial charge in [-0.2, -0.15) is 0 Å². The molecule has 2 N–H and O–H groups in total. The molecule has 2 aromatic heterocycles. The van der Waals surface area contributed by atoms with Crippen molar-refractivity contribution < 1.29 is 4.79 Å². The highest BCUT2D eigenvalue weighted by Gasteiger charge is 2.24. The summed E-state index contributed by atoms with van der Waals surface area (Å²) in [5.74, 6) is 7.58. The molecule has 5 heteroatoms. The van der Waals surface area contributed by atoms with Gasteiger partial charge in [-0.3, -0.25) is 4.79 Å². The molecule has 0 aliphatic heterocycles. The first-order valence-electron chi connectivity index (χ1n) is 9.29. The second-order valence-electron chi connectivity index (χ2n) is 7.40. The molecule has 0 atom stereocenters. The molecular weight excluding hydrogens is 336 g/mol. The zero-order valence-corrected chi connectivity index (χ0v) is 15.6. The number of benzene rings is 1. The summed E-state index contributed by atoms with van der Waals surface area (Å²) in [6, 6.07) is 7.79. The van der Waals surface area contributed by atoms with Crippen LogP contribution in [-0.4, -0.2) is 20.3 Å². The predicted octanol–water partition coefficient (Wildman–Crippen LogP) is 3.98. The first kappa shape index (κ1) is 17.3. The topological polar surface area (TPSA) is 73.8 Å². The molecule has 0 bridgehead atoms. The number of anilines is 1. The molecule has 0 amide bonds. The number of nitrogens with zero attached hydrogens (tertiary/aromatic N) is 3. The smallest absolute Gasteiger partial charge is 0.163 e. The quantitative estimate of drug-likeness (QED) is 0.565. The summed E-state index contributed by atoms with van der Waals surface area (Å²) in [6.07, 6.45) is 6.44. The van der Waals surface area contributed by atoms with E-state index < -0.39 is 0 Å². The molecule has 3 aromatic rings. The number of rotatable bonds is 4. The molecule has 136 valence electrons. The van der Waals surface area contributed by atoms with Gasteiger partial charge in [0.15, 0.2) is 5.78 Å². The maximum absolute atomic E-state index is 12.3. The normalized spacial score (nSPS) is 13.6. The Balaban J connectivity index is 1.69.